The molecule has 0 radical (unpaired) electrons. The molecule has 0 amide bonds. The fourth-order valence-electron chi connectivity index (χ4n) is 0.728. The molecular formula is C9H14N2OS. The number of aliphatic hydroxyl groups is 1. The lowest BCUT2D eigenvalue weighted by atomic mass is 10.2. The number of nitrogens with two attached hydrogens (primary N) is 1. The predicted octanol–water partition coefficient (Wildman–Crippen LogP) is 1.53. The van der Waals surface area contributed by atoms with Crippen LogP contribution in [0.15, 0.2) is 23.4 Å². The van der Waals surface area contributed by atoms with E-state index in [1.54, 1.807) is 26.1 Å². The fourth-order valence-corrected chi connectivity index (χ4v) is 1.52. The van der Waals surface area contributed by atoms with Gasteiger partial charge in [0.1, 0.15) is 0 Å². The van der Waals surface area contributed by atoms with Gasteiger partial charge in [0.25, 0.3) is 0 Å². The highest BCUT2D eigenvalue weighted by atomic mass is 32.2. The summed E-state index contributed by atoms with van der Waals surface area (Å²) in [5, 5.41) is 10.3. The summed E-state index contributed by atoms with van der Waals surface area (Å²) >= 11 is 1.52. The molecule has 13 heavy (non-hydrogen) atoms. The Kier molecular flexibility index (Phi) is 3.17. The molecule has 1 aromatic rings. The molecule has 3 nitrogen and oxygen atoms in total. The van der Waals surface area contributed by atoms with Crippen LogP contribution in [0.5, 0.6) is 0 Å². The second kappa shape index (κ2) is 3.98. The van der Waals surface area contributed by atoms with E-state index in [0.717, 1.165) is 5.03 Å². The van der Waals surface area contributed by atoms with Crippen molar-refractivity contribution in [2.75, 3.05) is 11.5 Å². The van der Waals surface area contributed by atoms with E-state index in [-0.39, 0.29) is 0 Å². The van der Waals surface area contributed by atoms with Gasteiger partial charge < -0.3 is 10.8 Å². The molecule has 1 rings (SSSR count). The van der Waals surface area contributed by atoms with Gasteiger partial charge in [-0.2, -0.15) is 0 Å². The van der Waals surface area contributed by atoms with Crippen molar-refractivity contribution >= 4 is 17.4 Å². The van der Waals surface area contributed by atoms with Crippen molar-refractivity contribution in [3.05, 3.63) is 18.3 Å². The van der Waals surface area contributed by atoms with Crippen LogP contribution in [0, 0.1) is 0 Å². The smallest absolute Gasteiger partial charge is 0.0962 e. The molecule has 0 fully saturated rings. The topological polar surface area (TPSA) is 59.1 Å². The van der Waals surface area contributed by atoms with Crippen LogP contribution in [0.1, 0.15) is 13.8 Å². The summed E-state index contributed by atoms with van der Waals surface area (Å²) in [6.07, 6.45) is 1.62. The summed E-state index contributed by atoms with van der Waals surface area (Å²) in [5.74, 6) is 0.629. The van der Waals surface area contributed by atoms with Gasteiger partial charge in [-0.3, -0.25) is 0 Å². The summed E-state index contributed by atoms with van der Waals surface area (Å²) in [6.45, 7) is 3.55. The largest absolute Gasteiger partial charge is 0.397 e. The molecule has 1 heterocycles. The third-order valence-electron chi connectivity index (χ3n) is 1.33. The number of hydrogen-bond donors (Lipinski definition) is 2. The predicted molar refractivity (Wildman–Crippen MR) is 55.7 cm³/mol. The van der Waals surface area contributed by atoms with Crippen LogP contribution in [-0.2, 0) is 0 Å². The van der Waals surface area contributed by atoms with Crippen molar-refractivity contribution in [1.29, 1.82) is 0 Å². The van der Waals surface area contributed by atoms with Gasteiger partial charge >= 0.3 is 0 Å². The molecule has 3 N–H and O–H groups in total. The average Bonchev–Trinajstić information content (AvgIpc) is 2.02. The summed E-state index contributed by atoms with van der Waals surface area (Å²) in [4.78, 5) is 4.11. The van der Waals surface area contributed by atoms with Crippen LogP contribution >= 0.6 is 11.8 Å². The van der Waals surface area contributed by atoms with Gasteiger partial charge in [-0.15, -0.1) is 11.8 Å². The third-order valence-corrected chi connectivity index (χ3v) is 2.72. The summed E-state index contributed by atoms with van der Waals surface area (Å²) < 4.78 is 0. The summed E-state index contributed by atoms with van der Waals surface area (Å²) in [6, 6.07) is 3.66. The van der Waals surface area contributed by atoms with Crippen molar-refractivity contribution in [1.82, 2.24) is 4.98 Å². The molecule has 0 saturated carbocycles. The maximum atomic E-state index is 9.46. The highest BCUT2D eigenvalue weighted by Gasteiger charge is 2.12. The number of pyridine rings is 1. The fraction of sp³-hybridized carbons (Fsp3) is 0.444. The Hall–Kier alpha value is -0.740. The molecule has 0 bridgehead atoms. The average molecular weight is 198 g/mol. The van der Waals surface area contributed by atoms with Crippen LogP contribution in [0.4, 0.5) is 5.69 Å². The Labute approximate surface area is 82.4 Å². The van der Waals surface area contributed by atoms with Crippen molar-refractivity contribution in [2.24, 2.45) is 0 Å². The Morgan fingerprint density at radius 2 is 2.23 bits per heavy atom. The lowest BCUT2D eigenvalue weighted by Crippen LogP contribution is -2.21. The molecule has 0 saturated heterocycles. The second-order valence-electron chi connectivity index (χ2n) is 3.53. The third kappa shape index (κ3) is 4.15. The van der Waals surface area contributed by atoms with Crippen LogP contribution in [-0.4, -0.2) is 21.4 Å². The highest BCUT2D eigenvalue weighted by Crippen LogP contribution is 2.20. The van der Waals surface area contributed by atoms with Gasteiger partial charge in [-0.25, -0.2) is 4.98 Å². The zero-order valence-corrected chi connectivity index (χ0v) is 8.64. The quantitative estimate of drug-likeness (QED) is 0.723. The van der Waals surface area contributed by atoms with Crippen molar-refractivity contribution in [2.45, 2.75) is 24.5 Å². The number of anilines is 1. The Balaban J connectivity index is 2.51. The number of hydrogen-bond acceptors (Lipinski definition) is 4. The summed E-state index contributed by atoms with van der Waals surface area (Å²) in [5.41, 5.74) is 5.49. The van der Waals surface area contributed by atoms with Crippen LogP contribution < -0.4 is 5.73 Å². The van der Waals surface area contributed by atoms with E-state index < -0.39 is 5.60 Å². The maximum absolute atomic E-state index is 9.46. The number of aromatic nitrogens is 1. The molecule has 0 atom stereocenters. The molecule has 72 valence electrons. The van der Waals surface area contributed by atoms with Crippen LogP contribution in [0.2, 0.25) is 0 Å². The van der Waals surface area contributed by atoms with E-state index in [1.165, 1.54) is 11.8 Å². The minimum absolute atomic E-state index is 0.629. The molecule has 0 aliphatic heterocycles. The molecule has 4 heteroatoms. The SMILES string of the molecule is CC(C)(O)CSc1ccc(N)cn1. The molecule has 0 spiro atoms. The number of nitrogen functional groups attached to an aromatic ring is 1. The first-order valence-corrected chi connectivity index (χ1v) is 5.03. The van der Waals surface area contributed by atoms with Crippen LogP contribution in [0.25, 0.3) is 0 Å². The number of thioether (sulfide) groups is 1. The number of nitrogens with zero attached hydrogens (tertiary/aromatic N) is 1. The minimum Gasteiger partial charge on any atom is -0.397 e. The monoisotopic (exact) mass is 198 g/mol. The van der Waals surface area contributed by atoms with E-state index in [4.69, 9.17) is 5.73 Å². The zero-order chi connectivity index (χ0) is 9.90. The van der Waals surface area contributed by atoms with Crippen molar-refractivity contribution in [3.63, 3.8) is 0 Å². The van der Waals surface area contributed by atoms with E-state index in [1.807, 2.05) is 6.07 Å². The van der Waals surface area contributed by atoms with E-state index in [0.29, 0.717) is 11.4 Å². The van der Waals surface area contributed by atoms with Gasteiger partial charge in [-0.1, -0.05) is 0 Å². The van der Waals surface area contributed by atoms with Gasteiger partial charge in [0.2, 0.25) is 0 Å². The Morgan fingerprint density at radius 1 is 1.54 bits per heavy atom. The molecule has 0 aliphatic carbocycles. The van der Waals surface area contributed by atoms with E-state index in [2.05, 4.69) is 4.98 Å². The molecule has 1 aromatic heterocycles. The molecular weight excluding hydrogens is 184 g/mol. The molecule has 0 unspecified atom stereocenters. The lowest BCUT2D eigenvalue weighted by molar-refractivity contribution is 0.107. The second-order valence-corrected chi connectivity index (χ2v) is 4.53. The van der Waals surface area contributed by atoms with Gasteiger partial charge in [0.05, 0.1) is 22.5 Å². The van der Waals surface area contributed by atoms with Gasteiger partial charge in [0, 0.05) is 5.75 Å². The van der Waals surface area contributed by atoms with E-state index >= 15 is 0 Å². The first kappa shape index (κ1) is 10.3. The molecule has 0 aromatic carbocycles. The van der Waals surface area contributed by atoms with Gasteiger partial charge in [0.15, 0.2) is 0 Å². The first-order valence-electron chi connectivity index (χ1n) is 4.04. The Morgan fingerprint density at radius 3 is 2.69 bits per heavy atom. The Bertz CT molecular complexity index is 266. The van der Waals surface area contributed by atoms with E-state index in [9.17, 15) is 5.11 Å². The normalized spacial score (nSPS) is 11.6. The zero-order valence-electron chi connectivity index (χ0n) is 7.82. The van der Waals surface area contributed by atoms with Gasteiger partial charge in [-0.05, 0) is 26.0 Å². The van der Waals surface area contributed by atoms with Crippen molar-refractivity contribution in [3.8, 4) is 0 Å². The van der Waals surface area contributed by atoms with Crippen LogP contribution in [0.3, 0.4) is 0 Å². The first-order chi connectivity index (χ1) is 5.97. The highest BCUT2D eigenvalue weighted by molar-refractivity contribution is 7.99. The number of rotatable bonds is 3. The lowest BCUT2D eigenvalue weighted by Gasteiger charge is -2.15. The standard InChI is InChI=1S/C9H14N2OS/c1-9(2,12)6-13-8-4-3-7(10)5-11-8/h3-5,12H,6,10H2,1-2H3. The summed E-state index contributed by atoms with van der Waals surface area (Å²) in [7, 11) is 0. The van der Waals surface area contributed by atoms with Crippen molar-refractivity contribution < 1.29 is 5.11 Å². The minimum atomic E-state index is -0.659. The molecule has 0 aliphatic rings. The maximum Gasteiger partial charge on any atom is 0.0962 e.